The van der Waals surface area contributed by atoms with Gasteiger partial charge in [0.1, 0.15) is 11.2 Å². The molecule has 0 fully saturated rings. The molecule has 0 aliphatic carbocycles. The number of hydrogen-bond donors (Lipinski definition) is 1. The lowest BCUT2D eigenvalue weighted by Gasteiger charge is -1.99. The highest BCUT2D eigenvalue weighted by Gasteiger charge is 2.12. The Morgan fingerprint density at radius 3 is 2.77 bits per heavy atom. The second-order valence-electron chi connectivity index (χ2n) is 5.43. The van der Waals surface area contributed by atoms with Crippen LogP contribution in [0.1, 0.15) is 11.3 Å². The lowest BCUT2D eigenvalue weighted by atomic mass is 10.1. The predicted molar refractivity (Wildman–Crippen MR) is 87.2 cm³/mol. The van der Waals surface area contributed by atoms with Gasteiger partial charge < -0.3 is 14.1 Å². The van der Waals surface area contributed by atoms with Gasteiger partial charge in [-0.15, -0.1) is 0 Å². The van der Waals surface area contributed by atoms with Crippen molar-refractivity contribution < 1.29 is 4.42 Å². The van der Waals surface area contributed by atoms with E-state index in [0.717, 1.165) is 33.7 Å². The molecule has 0 radical (unpaired) electrons. The number of benzene rings is 1. The molecule has 0 saturated carbocycles. The molecule has 0 aliphatic rings. The number of oxazole rings is 1. The molecule has 110 valence electrons. The van der Waals surface area contributed by atoms with Gasteiger partial charge in [-0.1, -0.05) is 0 Å². The van der Waals surface area contributed by atoms with Gasteiger partial charge in [0, 0.05) is 24.5 Å². The summed E-state index contributed by atoms with van der Waals surface area (Å²) in [5.74, 6) is 0. The van der Waals surface area contributed by atoms with Gasteiger partial charge in [0.05, 0.1) is 5.69 Å². The molecule has 0 unspecified atom stereocenters. The molecule has 1 N–H and O–H groups in total. The zero-order valence-electron chi connectivity index (χ0n) is 12.7. The van der Waals surface area contributed by atoms with E-state index in [9.17, 15) is 0 Å². The Balaban J connectivity index is 1.92. The summed E-state index contributed by atoms with van der Waals surface area (Å²) >= 11 is 0. The maximum absolute atomic E-state index is 5.57. The number of hydrogen-bond acceptors (Lipinski definition) is 4. The zero-order chi connectivity index (χ0) is 15.3. The van der Waals surface area contributed by atoms with Crippen molar-refractivity contribution in [3.63, 3.8) is 0 Å². The standard InChI is InChI=1S/C17H16N4O/c1-10-6-7-21-11(2)16(20-15(21)8-10)12-4-5-14-13(9-12)19-17(18-3)22-14/h4-9H,1-3H3,(H,18,19). The van der Waals surface area contributed by atoms with Crippen molar-refractivity contribution in [2.75, 3.05) is 12.4 Å². The van der Waals surface area contributed by atoms with Crippen molar-refractivity contribution in [1.82, 2.24) is 14.4 Å². The highest BCUT2D eigenvalue weighted by molar-refractivity contribution is 5.81. The quantitative estimate of drug-likeness (QED) is 0.610. The third kappa shape index (κ3) is 1.86. The number of fused-ring (bicyclic) bond motifs is 2. The Morgan fingerprint density at radius 2 is 1.95 bits per heavy atom. The Labute approximate surface area is 127 Å². The molecular weight excluding hydrogens is 276 g/mol. The SMILES string of the molecule is CNc1nc2cc(-c3nc4cc(C)ccn4c3C)ccc2o1. The van der Waals surface area contributed by atoms with Gasteiger partial charge in [0.15, 0.2) is 5.58 Å². The molecule has 0 amide bonds. The van der Waals surface area contributed by atoms with E-state index < -0.39 is 0 Å². The zero-order valence-corrected chi connectivity index (χ0v) is 12.7. The topological polar surface area (TPSA) is 55.4 Å². The summed E-state index contributed by atoms with van der Waals surface area (Å²) in [5.41, 5.74) is 6.90. The fourth-order valence-electron chi connectivity index (χ4n) is 2.72. The van der Waals surface area contributed by atoms with Gasteiger partial charge in [-0.05, 0) is 49.7 Å². The Bertz CT molecular complexity index is 997. The first-order valence-corrected chi connectivity index (χ1v) is 7.20. The minimum atomic E-state index is 0.523. The first-order valence-electron chi connectivity index (χ1n) is 7.20. The molecular formula is C17H16N4O. The lowest BCUT2D eigenvalue weighted by Crippen LogP contribution is -1.87. The van der Waals surface area contributed by atoms with Crippen LogP contribution in [-0.2, 0) is 0 Å². The molecule has 3 heterocycles. The number of aryl methyl sites for hydroxylation is 2. The van der Waals surface area contributed by atoms with Gasteiger partial charge in [-0.25, -0.2) is 4.98 Å². The summed E-state index contributed by atoms with van der Waals surface area (Å²) < 4.78 is 7.67. The number of nitrogens with one attached hydrogen (secondary N) is 1. The monoisotopic (exact) mass is 292 g/mol. The number of nitrogens with zero attached hydrogens (tertiary/aromatic N) is 3. The lowest BCUT2D eigenvalue weighted by molar-refractivity contribution is 0.620. The highest BCUT2D eigenvalue weighted by atomic mass is 16.4. The van der Waals surface area contributed by atoms with Crippen LogP contribution in [0.3, 0.4) is 0 Å². The molecule has 0 atom stereocenters. The summed E-state index contributed by atoms with van der Waals surface area (Å²) in [4.78, 5) is 9.17. The predicted octanol–water partition coefficient (Wildman–Crippen LogP) is 3.80. The van der Waals surface area contributed by atoms with Gasteiger partial charge in [-0.2, -0.15) is 4.98 Å². The van der Waals surface area contributed by atoms with E-state index in [1.807, 2.05) is 18.2 Å². The molecule has 1 aromatic carbocycles. The van der Waals surface area contributed by atoms with Crippen LogP contribution in [-0.4, -0.2) is 21.4 Å². The van der Waals surface area contributed by atoms with Crippen LogP contribution in [0.2, 0.25) is 0 Å². The van der Waals surface area contributed by atoms with Crippen LogP contribution in [0.4, 0.5) is 6.01 Å². The van der Waals surface area contributed by atoms with E-state index in [2.05, 4.69) is 46.9 Å². The molecule has 4 rings (SSSR count). The maximum atomic E-state index is 5.57. The summed E-state index contributed by atoms with van der Waals surface area (Å²) in [6.07, 6.45) is 2.06. The third-order valence-corrected chi connectivity index (χ3v) is 3.90. The highest BCUT2D eigenvalue weighted by Crippen LogP contribution is 2.28. The maximum Gasteiger partial charge on any atom is 0.295 e. The Morgan fingerprint density at radius 1 is 1.09 bits per heavy atom. The molecule has 0 aliphatic heterocycles. The summed E-state index contributed by atoms with van der Waals surface area (Å²) in [6, 6.07) is 10.7. The average Bonchev–Trinajstić information content (AvgIpc) is 3.07. The van der Waals surface area contributed by atoms with Crippen LogP contribution >= 0.6 is 0 Å². The van der Waals surface area contributed by atoms with Crippen LogP contribution in [0, 0.1) is 13.8 Å². The molecule has 0 spiro atoms. The van der Waals surface area contributed by atoms with Gasteiger partial charge in [-0.3, -0.25) is 0 Å². The fraction of sp³-hybridized carbons (Fsp3) is 0.176. The van der Waals surface area contributed by atoms with E-state index in [0.29, 0.717) is 6.01 Å². The van der Waals surface area contributed by atoms with Crippen LogP contribution in [0.25, 0.3) is 28.0 Å². The van der Waals surface area contributed by atoms with E-state index >= 15 is 0 Å². The van der Waals surface area contributed by atoms with Crippen molar-refractivity contribution in [2.24, 2.45) is 0 Å². The molecule has 0 saturated heterocycles. The molecule has 5 heteroatoms. The average molecular weight is 292 g/mol. The van der Waals surface area contributed by atoms with E-state index in [4.69, 9.17) is 9.40 Å². The second kappa shape index (κ2) is 4.59. The largest absolute Gasteiger partial charge is 0.424 e. The van der Waals surface area contributed by atoms with Crippen molar-refractivity contribution >= 4 is 22.8 Å². The second-order valence-corrected chi connectivity index (χ2v) is 5.43. The van der Waals surface area contributed by atoms with Crippen LogP contribution in [0.5, 0.6) is 0 Å². The van der Waals surface area contributed by atoms with Crippen LogP contribution < -0.4 is 5.32 Å². The molecule has 3 aromatic heterocycles. The van der Waals surface area contributed by atoms with Gasteiger partial charge in [0.25, 0.3) is 6.01 Å². The molecule has 5 nitrogen and oxygen atoms in total. The summed E-state index contributed by atoms with van der Waals surface area (Å²) in [6.45, 7) is 4.15. The first-order chi connectivity index (χ1) is 10.7. The van der Waals surface area contributed by atoms with E-state index in [1.54, 1.807) is 7.05 Å². The fourth-order valence-corrected chi connectivity index (χ4v) is 2.72. The normalized spacial score (nSPS) is 11.4. The summed E-state index contributed by atoms with van der Waals surface area (Å²) in [5, 5.41) is 2.92. The van der Waals surface area contributed by atoms with Crippen molar-refractivity contribution in [2.45, 2.75) is 13.8 Å². The molecule has 0 bridgehead atoms. The number of aromatic nitrogens is 3. The summed E-state index contributed by atoms with van der Waals surface area (Å²) in [7, 11) is 1.79. The number of rotatable bonds is 2. The van der Waals surface area contributed by atoms with Crippen molar-refractivity contribution in [3.05, 3.63) is 47.8 Å². The minimum absolute atomic E-state index is 0.523. The van der Waals surface area contributed by atoms with E-state index in [-0.39, 0.29) is 0 Å². The number of imidazole rings is 1. The van der Waals surface area contributed by atoms with E-state index in [1.165, 1.54) is 5.56 Å². The van der Waals surface area contributed by atoms with Crippen molar-refractivity contribution in [1.29, 1.82) is 0 Å². The minimum Gasteiger partial charge on any atom is -0.424 e. The Hall–Kier alpha value is -2.82. The van der Waals surface area contributed by atoms with Crippen molar-refractivity contribution in [3.8, 4) is 11.3 Å². The number of anilines is 1. The molecule has 22 heavy (non-hydrogen) atoms. The third-order valence-electron chi connectivity index (χ3n) is 3.90. The van der Waals surface area contributed by atoms with Gasteiger partial charge >= 0.3 is 0 Å². The smallest absolute Gasteiger partial charge is 0.295 e. The van der Waals surface area contributed by atoms with Crippen LogP contribution in [0.15, 0.2) is 40.9 Å². The number of pyridine rings is 1. The Kier molecular flexibility index (Phi) is 2.69. The molecule has 4 aromatic rings. The first kappa shape index (κ1) is 12.9. The van der Waals surface area contributed by atoms with Gasteiger partial charge in [0.2, 0.25) is 0 Å².